The van der Waals surface area contributed by atoms with Crippen LogP contribution in [0.4, 0.5) is 11.4 Å². The normalized spacial score (nSPS) is 12.1. The van der Waals surface area contributed by atoms with Crippen LogP contribution in [-0.4, -0.2) is 10.8 Å². The second-order valence-electron chi connectivity index (χ2n) is 5.61. The topological polar surface area (TPSA) is 72.2 Å². The van der Waals surface area contributed by atoms with Gasteiger partial charge in [0.25, 0.3) is 5.69 Å². The fourth-order valence-electron chi connectivity index (χ4n) is 2.23. The van der Waals surface area contributed by atoms with Gasteiger partial charge >= 0.3 is 0 Å². The van der Waals surface area contributed by atoms with Crippen LogP contribution in [0.15, 0.2) is 54.6 Å². The number of carbonyl (C=O) groups is 1. The summed E-state index contributed by atoms with van der Waals surface area (Å²) < 4.78 is 0. The number of amides is 1. The number of carbonyl (C=O) groups excluding carboxylic acids is 1. The molecular weight excluding hydrogens is 304 g/mol. The largest absolute Gasteiger partial charge is 0.323 e. The summed E-state index contributed by atoms with van der Waals surface area (Å²) in [5.41, 5.74) is 2.56. The van der Waals surface area contributed by atoms with Gasteiger partial charge in [0, 0.05) is 23.9 Å². The molecule has 0 bridgehead atoms. The molecule has 0 aromatic heterocycles. The third-order valence-electron chi connectivity index (χ3n) is 3.87. The van der Waals surface area contributed by atoms with E-state index in [0.29, 0.717) is 11.5 Å². The van der Waals surface area contributed by atoms with Crippen LogP contribution in [0, 0.1) is 10.1 Å². The maximum absolute atomic E-state index is 11.9. The molecule has 2 aromatic carbocycles. The van der Waals surface area contributed by atoms with E-state index < -0.39 is 4.92 Å². The third kappa shape index (κ3) is 4.78. The molecular formula is C19H20N2O3. The highest BCUT2D eigenvalue weighted by atomic mass is 16.6. The first-order valence-electron chi connectivity index (χ1n) is 7.83. The van der Waals surface area contributed by atoms with Crippen LogP contribution < -0.4 is 5.32 Å². The molecule has 1 N–H and O–H groups in total. The molecule has 0 aliphatic rings. The van der Waals surface area contributed by atoms with Gasteiger partial charge in [0.15, 0.2) is 0 Å². The van der Waals surface area contributed by atoms with Crippen LogP contribution >= 0.6 is 0 Å². The van der Waals surface area contributed by atoms with Gasteiger partial charge in [0.2, 0.25) is 5.91 Å². The summed E-state index contributed by atoms with van der Waals surface area (Å²) in [6.45, 7) is 4.30. The highest BCUT2D eigenvalue weighted by molar-refractivity contribution is 6.01. The van der Waals surface area contributed by atoms with E-state index in [2.05, 4.69) is 19.2 Å². The minimum absolute atomic E-state index is 0.00168. The van der Waals surface area contributed by atoms with Gasteiger partial charge in [-0.05, 0) is 41.7 Å². The molecule has 5 heteroatoms. The van der Waals surface area contributed by atoms with E-state index in [4.69, 9.17) is 0 Å². The average Bonchev–Trinajstić information content (AvgIpc) is 2.60. The number of rotatable bonds is 6. The average molecular weight is 324 g/mol. The minimum Gasteiger partial charge on any atom is -0.323 e. The second kappa shape index (κ2) is 8.06. The summed E-state index contributed by atoms with van der Waals surface area (Å²) in [4.78, 5) is 22.2. The Bertz CT molecular complexity index is 751. The number of benzene rings is 2. The molecule has 1 atom stereocenters. The molecule has 0 fully saturated rings. The van der Waals surface area contributed by atoms with E-state index in [1.807, 2.05) is 24.3 Å². The Labute approximate surface area is 141 Å². The first kappa shape index (κ1) is 17.4. The summed E-state index contributed by atoms with van der Waals surface area (Å²) in [7, 11) is 0. The molecule has 0 saturated heterocycles. The van der Waals surface area contributed by atoms with Crippen molar-refractivity contribution >= 4 is 23.4 Å². The lowest BCUT2D eigenvalue weighted by atomic mass is 9.99. The first-order valence-corrected chi connectivity index (χ1v) is 7.83. The molecule has 2 rings (SSSR count). The molecule has 0 unspecified atom stereocenters. The Morgan fingerprint density at radius 3 is 2.58 bits per heavy atom. The summed E-state index contributed by atoms with van der Waals surface area (Å²) >= 11 is 0. The number of non-ortho nitro benzene ring substituents is 1. The number of nitro groups is 1. The smallest absolute Gasteiger partial charge is 0.270 e. The van der Waals surface area contributed by atoms with Gasteiger partial charge in [-0.3, -0.25) is 14.9 Å². The number of hydrogen-bond donors (Lipinski definition) is 1. The van der Waals surface area contributed by atoms with Crippen LogP contribution in [0.25, 0.3) is 6.08 Å². The molecule has 1 amide bonds. The molecule has 0 heterocycles. The zero-order valence-electron chi connectivity index (χ0n) is 13.7. The van der Waals surface area contributed by atoms with E-state index in [1.165, 1.54) is 23.8 Å². The SMILES string of the molecule is CC[C@H](C)c1ccc(NC(=O)/C=C\c2cccc([N+](=O)[O-])c2)cc1. The number of nitrogens with zero attached hydrogens (tertiary/aromatic N) is 1. The maximum Gasteiger partial charge on any atom is 0.270 e. The highest BCUT2D eigenvalue weighted by Crippen LogP contribution is 2.20. The van der Waals surface area contributed by atoms with Gasteiger partial charge in [-0.1, -0.05) is 38.1 Å². The lowest BCUT2D eigenvalue weighted by Crippen LogP contribution is -2.07. The van der Waals surface area contributed by atoms with Crippen molar-refractivity contribution in [2.75, 3.05) is 5.32 Å². The van der Waals surface area contributed by atoms with Gasteiger partial charge in [0.1, 0.15) is 0 Å². The number of anilines is 1. The Kier molecular flexibility index (Phi) is 5.84. The standard InChI is InChI=1S/C19H20N2O3/c1-3-14(2)16-8-10-17(11-9-16)20-19(22)12-7-15-5-4-6-18(13-15)21(23)24/h4-14H,3H2,1-2H3,(H,20,22)/b12-7-/t14-/m0/s1. The Hall–Kier alpha value is -2.95. The molecule has 24 heavy (non-hydrogen) atoms. The zero-order chi connectivity index (χ0) is 17.5. The molecule has 0 saturated carbocycles. The Morgan fingerprint density at radius 1 is 1.25 bits per heavy atom. The number of nitrogens with one attached hydrogen (secondary N) is 1. The molecule has 0 spiro atoms. The van der Waals surface area contributed by atoms with Gasteiger partial charge in [0.05, 0.1) is 4.92 Å². The van der Waals surface area contributed by atoms with Crippen LogP contribution in [0.5, 0.6) is 0 Å². The van der Waals surface area contributed by atoms with E-state index in [0.717, 1.165) is 12.1 Å². The zero-order valence-corrected chi connectivity index (χ0v) is 13.7. The minimum atomic E-state index is -0.462. The lowest BCUT2D eigenvalue weighted by molar-refractivity contribution is -0.384. The Balaban J connectivity index is 2.00. The van der Waals surface area contributed by atoms with Crippen molar-refractivity contribution in [1.29, 1.82) is 0 Å². The van der Waals surface area contributed by atoms with Gasteiger partial charge in [-0.15, -0.1) is 0 Å². The van der Waals surface area contributed by atoms with E-state index in [1.54, 1.807) is 18.2 Å². The number of nitro benzene ring substituents is 1. The third-order valence-corrected chi connectivity index (χ3v) is 3.87. The van der Waals surface area contributed by atoms with Gasteiger partial charge in [-0.2, -0.15) is 0 Å². The molecule has 5 nitrogen and oxygen atoms in total. The molecule has 2 aromatic rings. The monoisotopic (exact) mass is 324 g/mol. The summed E-state index contributed by atoms with van der Waals surface area (Å²) in [6.07, 6.45) is 3.98. The van der Waals surface area contributed by atoms with Crippen molar-refractivity contribution in [3.63, 3.8) is 0 Å². The molecule has 0 radical (unpaired) electrons. The van der Waals surface area contributed by atoms with Crippen molar-refractivity contribution in [1.82, 2.24) is 0 Å². The highest BCUT2D eigenvalue weighted by Gasteiger charge is 2.05. The maximum atomic E-state index is 11.9. The van der Waals surface area contributed by atoms with Crippen LogP contribution in [0.1, 0.15) is 37.3 Å². The molecule has 0 aliphatic carbocycles. The van der Waals surface area contributed by atoms with Crippen LogP contribution in [0.2, 0.25) is 0 Å². The van der Waals surface area contributed by atoms with Crippen molar-refractivity contribution in [3.05, 3.63) is 75.8 Å². The summed E-state index contributed by atoms with van der Waals surface area (Å²) in [5, 5.41) is 13.5. The fourth-order valence-corrected chi connectivity index (χ4v) is 2.23. The van der Waals surface area contributed by atoms with Crippen molar-refractivity contribution in [3.8, 4) is 0 Å². The summed E-state index contributed by atoms with van der Waals surface area (Å²) in [5.74, 6) is 0.210. The van der Waals surface area contributed by atoms with E-state index in [9.17, 15) is 14.9 Å². The van der Waals surface area contributed by atoms with E-state index >= 15 is 0 Å². The second-order valence-corrected chi connectivity index (χ2v) is 5.61. The predicted molar refractivity (Wildman–Crippen MR) is 95.9 cm³/mol. The molecule has 0 aliphatic heterocycles. The van der Waals surface area contributed by atoms with Crippen molar-refractivity contribution < 1.29 is 9.72 Å². The van der Waals surface area contributed by atoms with Gasteiger partial charge < -0.3 is 5.32 Å². The van der Waals surface area contributed by atoms with Crippen LogP contribution in [0.3, 0.4) is 0 Å². The van der Waals surface area contributed by atoms with Crippen LogP contribution in [-0.2, 0) is 4.79 Å². The number of hydrogen-bond acceptors (Lipinski definition) is 3. The summed E-state index contributed by atoms with van der Waals surface area (Å²) in [6, 6.07) is 13.9. The first-order chi connectivity index (χ1) is 11.5. The molecule has 124 valence electrons. The lowest BCUT2D eigenvalue weighted by Gasteiger charge is -2.09. The Morgan fingerprint density at radius 2 is 1.96 bits per heavy atom. The predicted octanol–water partition coefficient (Wildman–Crippen LogP) is 4.76. The van der Waals surface area contributed by atoms with Crippen molar-refractivity contribution in [2.24, 2.45) is 0 Å². The van der Waals surface area contributed by atoms with Gasteiger partial charge in [-0.25, -0.2) is 0 Å². The quantitative estimate of drug-likeness (QED) is 0.473. The van der Waals surface area contributed by atoms with E-state index in [-0.39, 0.29) is 11.6 Å². The fraction of sp³-hybridized carbons (Fsp3) is 0.211. The van der Waals surface area contributed by atoms with Crippen molar-refractivity contribution in [2.45, 2.75) is 26.2 Å².